The lowest BCUT2D eigenvalue weighted by molar-refractivity contribution is -0.137. The van der Waals surface area contributed by atoms with Crippen molar-refractivity contribution in [2.45, 2.75) is 37.1 Å². The Labute approximate surface area is 265 Å². The molecule has 3 N–H and O–H groups in total. The summed E-state index contributed by atoms with van der Waals surface area (Å²) in [5, 5.41) is 12.5. The normalized spacial score (nSPS) is 17.6. The van der Waals surface area contributed by atoms with Gasteiger partial charge in [0.2, 0.25) is 0 Å². The lowest BCUT2D eigenvalue weighted by Gasteiger charge is -2.38. The van der Waals surface area contributed by atoms with Gasteiger partial charge in [-0.05, 0) is 67.6 Å². The Balaban J connectivity index is 1.64. The van der Waals surface area contributed by atoms with E-state index in [2.05, 4.69) is 10.0 Å². The average Bonchev–Trinajstić information content (AvgIpc) is 3.02. The molecule has 4 rings (SSSR count). The van der Waals surface area contributed by atoms with Crippen molar-refractivity contribution in [2.24, 2.45) is 5.92 Å². The summed E-state index contributed by atoms with van der Waals surface area (Å²) < 4.78 is 79.5. The number of rotatable bonds is 9. The van der Waals surface area contributed by atoms with E-state index in [0.29, 0.717) is 5.75 Å². The maximum atomic E-state index is 13.7. The maximum absolute atomic E-state index is 13.7. The molecule has 0 unspecified atom stereocenters. The first-order valence-electron chi connectivity index (χ1n) is 14.2. The predicted molar refractivity (Wildman–Crippen MR) is 165 cm³/mol. The van der Waals surface area contributed by atoms with E-state index in [1.54, 1.807) is 13.8 Å². The van der Waals surface area contributed by atoms with E-state index in [9.17, 15) is 36.3 Å². The number of hydrogen-bond acceptors (Lipinski definition) is 7. The van der Waals surface area contributed by atoms with Crippen molar-refractivity contribution in [3.05, 3.63) is 77.9 Å². The Morgan fingerprint density at radius 1 is 1.13 bits per heavy atom. The number of amides is 3. The topological polar surface area (TPSA) is 138 Å². The van der Waals surface area contributed by atoms with Crippen LogP contribution in [0.1, 0.15) is 29.8 Å². The van der Waals surface area contributed by atoms with Crippen LogP contribution in [-0.4, -0.2) is 81.3 Å². The fraction of sp³-hybridized carbons (Fsp3) is 0.355. The minimum absolute atomic E-state index is 0.0192. The van der Waals surface area contributed by atoms with Crippen LogP contribution in [0.25, 0.3) is 0 Å². The number of fused-ring (bicyclic) bond motifs is 1. The molecule has 0 radical (unpaired) electrons. The monoisotopic (exact) mass is 664 g/mol. The van der Waals surface area contributed by atoms with Crippen molar-refractivity contribution < 1.29 is 45.8 Å². The molecule has 0 aliphatic carbocycles. The molecule has 0 fully saturated rings. The van der Waals surface area contributed by atoms with Gasteiger partial charge in [0.25, 0.3) is 15.9 Å². The van der Waals surface area contributed by atoms with Gasteiger partial charge in [-0.3, -0.25) is 9.52 Å². The second-order valence-corrected chi connectivity index (χ2v) is 12.7. The van der Waals surface area contributed by atoms with Crippen molar-refractivity contribution >= 4 is 33.3 Å². The highest BCUT2D eigenvalue weighted by molar-refractivity contribution is 7.92. The Morgan fingerprint density at radius 2 is 1.78 bits per heavy atom. The third-order valence-electron chi connectivity index (χ3n) is 7.57. The third-order valence-corrected chi connectivity index (χ3v) is 8.95. The second kappa shape index (κ2) is 13.9. The van der Waals surface area contributed by atoms with Crippen molar-refractivity contribution in [3.8, 4) is 11.5 Å². The Bertz CT molecular complexity index is 1650. The molecule has 1 aliphatic heterocycles. The minimum Gasteiger partial charge on any atom is -0.497 e. The SMILES string of the molecule is COc1ccc(S(=O)(=O)Nc2cccc3c2O[C@@H](CN(C)C(=O)Nc2ccc(C(F)(F)F)cc2)[C@H](C)CN([C@@H](C)CO)C3=O)cc1. The summed E-state index contributed by atoms with van der Waals surface area (Å²) in [6.45, 7) is 3.20. The molecule has 0 saturated heterocycles. The first-order valence-corrected chi connectivity index (χ1v) is 15.7. The lowest BCUT2D eigenvalue weighted by atomic mass is 9.99. The molecule has 3 aromatic rings. The van der Waals surface area contributed by atoms with Crippen LogP contribution < -0.4 is 19.5 Å². The number of aliphatic hydroxyl groups is 1. The molecule has 46 heavy (non-hydrogen) atoms. The molecule has 0 spiro atoms. The molecule has 11 nitrogen and oxygen atoms in total. The van der Waals surface area contributed by atoms with Gasteiger partial charge in [0.15, 0.2) is 5.75 Å². The Kier molecular flexibility index (Phi) is 10.4. The number of para-hydroxylation sites is 1. The number of nitrogens with one attached hydrogen (secondary N) is 2. The average molecular weight is 665 g/mol. The zero-order chi connectivity index (χ0) is 33.8. The number of nitrogens with zero attached hydrogens (tertiary/aromatic N) is 2. The van der Waals surface area contributed by atoms with Crippen molar-refractivity contribution in [1.82, 2.24) is 9.80 Å². The number of sulfonamides is 1. The highest BCUT2D eigenvalue weighted by Gasteiger charge is 2.36. The molecule has 0 saturated carbocycles. The van der Waals surface area contributed by atoms with Gasteiger partial charge in [0.05, 0.1) is 48.0 Å². The van der Waals surface area contributed by atoms with Gasteiger partial charge in [-0.1, -0.05) is 13.0 Å². The largest absolute Gasteiger partial charge is 0.497 e. The van der Waals surface area contributed by atoms with Crippen molar-refractivity contribution in [1.29, 1.82) is 0 Å². The number of methoxy groups -OCH3 is 1. The zero-order valence-corrected chi connectivity index (χ0v) is 26.4. The molecule has 3 aromatic carbocycles. The lowest BCUT2D eigenvalue weighted by Crippen LogP contribution is -2.50. The summed E-state index contributed by atoms with van der Waals surface area (Å²) in [6.07, 6.45) is -5.32. The van der Waals surface area contributed by atoms with Crippen LogP contribution in [0, 0.1) is 5.92 Å². The van der Waals surface area contributed by atoms with Crippen LogP contribution >= 0.6 is 0 Å². The number of carbonyl (C=O) groups is 2. The molecule has 15 heteroatoms. The number of benzene rings is 3. The first-order chi connectivity index (χ1) is 21.6. The number of ether oxygens (including phenoxy) is 2. The summed E-state index contributed by atoms with van der Waals surface area (Å²) in [6, 6.07) is 12.9. The van der Waals surface area contributed by atoms with E-state index in [1.807, 2.05) is 0 Å². The Morgan fingerprint density at radius 3 is 2.37 bits per heavy atom. The molecule has 1 aliphatic rings. The molecule has 3 atom stereocenters. The smallest absolute Gasteiger partial charge is 0.416 e. The van der Waals surface area contributed by atoms with Crippen molar-refractivity contribution in [2.75, 3.05) is 43.9 Å². The van der Waals surface area contributed by atoms with E-state index < -0.39 is 51.8 Å². The summed E-state index contributed by atoms with van der Waals surface area (Å²) >= 11 is 0. The van der Waals surface area contributed by atoms with Crippen LogP contribution in [0.15, 0.2) is 71.6 Å². The quantitative estimate of drug-likeness (QED) is 0.296. The van der Waals surface area contributed by atoms with Gasteiger partial charge in [-0.15, -0.1) is 0 Å². The summed E-state index contributed by atoms with van der Waals surface area (Å²) in [5.41, 5.74) is -0.687. The van der Waals surface area contributed by atoms with Gasteiger partial charge >= 0.3 is 12.2 Å². The molecule has 0 bridgehead atoms. The number of carbonyl (C=O) groups excluding carboxylic acids is 2. The number of anilines is 2. The van der Waals surface area contributed by atoms with E-state index in [1.165, 1.54) is 66.4 Å². The summed E-state index contributed by atoms with van der Waals surface area (Å²) in [5.74, 6) is -0.522. The standard InChI is InChI=1S/C31H35F3N4O7S/c1-19-16-38(20(2)18-39)29(40)25-6-5-7-26(36-46(42,43)24-14-12-23(44-4)13-15-24)28(25)45-27(19)17-37(3)30(41)35-22-10-8-21(9-11-22)31(32,33)34/h5-15,19-20,27,36,39H,16-18H2,1-4H3,(H,35,41)/t19-,20+,27+/m1/s1. The van der Waals surface area contributed by atoms with Gasteiger partial charge < -0.3 is 29.7 Å². The molecular weight excluding hydrogens is 629 g/mol. The maximum Gasteiger partial charge on any atom is 0.416 e. The Hall–Kier alpha value is -4.50. The number of urea groups is 1. The van der Waals surface area contributed by atoms with E-state index >= 15 is 0 Å². The van der Waals surface area contributed by atoms with Crippen LogP contribution in [0.4, 0.5) is 29.3 Å². The first kappa shape index (κ1) is 34.4. The van der Waals surface area contributed by atoms with E-state index in [0.717, 1.165) is 24.3 Å². The number of hydrogen-bond donors (Lipinski definition) is 3. The number of likely N-dealkylation sites (N-methyl/N-ethyl adjacent to an activating group) is 1. The van der Waals surface area contributed by atoms with E-state index in [-0.39, 0.29) is 47.3 Å². The molecule has 1 heterocycles. The fourth-order valence-corrected chi connectivity index (χ4v) is 5.88. The van der Waals surface area contributed by atoms with E-state index in [4.69, 9.17) is 9.47 Å². The van der Waals surface area contributed by atoms with Crippen LogP contribution in [0.2, 0.25) is 0 Å². The van der Waals surface area contributed by atoms with Gasteiger partial charge in [0.1, 0.15) is 11.9 Å². The molecule has 0 aromatic heterocycles. The van der Waals surface area contributed by atoms with Crippen LogP contribution in [0.3, 0.4) is 0 Å². The van der Waals surface area contributed by atoms with Crippen LogP contribution in [-0.2, 0) is 16.2 Å². The van der Waals surface area contributed by atoms with Gasteiger partial charge in [0, 0.05) is 25.2 Å². The van der Waals surface area contributed by atoms with Crippen molar-refractivity contribution in [3.63, 3.8) is 0 Å². The molecular formula is C31H35F3N4O7S. The zero-order valence-electron chi connectivity index (χ0n) is 25.5. The number of alkyl halides is 3. The minimum atomic E-state index is -4.52. The third kappa shape index (κ3) is 7.83. The van der Waals surface area contributed by atoms with Crippen LogP contribution in [0.5, 0.6) is 11.5 Å². The van der Waals surface area contributed by atoms with Gasteiger partial charge in [-0.2, -0.15) is 13.2 Å². The molecule has 3 amide bonds. The number of halogens is 3. The summed E-state index contributed by atoms with van der Waals surface area (Å²) in [7, 11) is -1.24. The molecule has 248 valence electrons. The highest BCUT2D eigenvalue weighted by Crippen LogP contribution is 2.36. The predicted octanol–water partition coefficient (Wildman–Crippen LogP) is 4.90. The second-order valence-electron chi connectivity index (χ2n) is 11.0. The number of aliphatic hydroxyl groups excluding tert-OH is 1. The highest BCUT2D eigenvalue weighted by atomic mass is 32.2. The summed E-state index contributed by atoms with van der Waals surface area (Å²) in [4.78, 5) is 29.4. The fourth-order valence-electron chi connectivity index (χ4n) is 4.81. The van der Waals surface area contributed by atoms with Gasteiger partial charge in [-0.25, -0.2) is 13.2 Å².